The Morgan fingerprint density at radius 1 is 1.13 bits per heavy atom. The number of ether oxygens (including phenoxy) is 1. The number of aliphatic hydroxyl groups excluding tert-OH is 1. The Morgan fingerprint density at radius 3 is 2.67 bits per heavy atom. The largest absolute Gasteiger partial charge is 0.573 e. The van der Waals surface area contributed by atoms with Gasteiger partial charge in [0, 0.05) is 36.6 Å². The lowest BCUT2D eigenvalue weighted by Gasteiger charge is -2.15. The van der Waals surface area contributed by atoms with Crippen LogP contribution in [0.5, 0.6) is 5.75 Å². The number of aliphatic hydroxyl groups is 1. The Balaban J connectivity index is 1.90. The highest BCUT2D eigenvalue weighted by atomic mass is 19.4. The quantitative estimate of drug-likeness (QED) is 0.511. The fourth-order valence-corrected chi connectivity index (χ4v) is 2.56. The molecule has 3 aromatic rings. The van der Waals surface area contributed by atoms with E-state index in [1.54, 1.807) is 31.5 Å². The maximum atomic E-state index is 12.6. The monoisotopic (exact) mass is 419 g/mol. The van der Waals surface area contributed by atoms with Gasteiger partial charge in [-0.1, -0.05) is 18.2 Å². The SMILES string of the molecule is C[C@H](CO)Nc1nc(NCc2cccnc2)cc(-c2cccc(OC(F)(F)F)c2)n1. The van der Waals surface area contributed by atoms with Crippen LogP contribution in [0.1, 0.15) is 12.5 Å². The number of nitrogens with one attached hydrogen (secondary N) is 2. The van der Waals surface area contributed by atoms with E-state index in [0.29, 0.717) is 23.6 Å². The Labute approximate surface area is 171 Å². The number of hydrogen-bond donors (Lipinski definition) is 3. The zero-order valence-electron chi connectivity index (χ0n) is 16.0. The molecule has 1 atom stereocenters. The van der Waals surface area contributed by atoms with Crippen molar-refractivity contribution in [1.29, 1.82) is 0 Å². The zero-order valence-corrected chi connectivity index (χ0v) is 16.0. The summed E-state index contributed by atoms with van der Waals surface area (Å²) in [5.74, 6) is 0.338. The van der Waals surface area contributed by atoms with Crippen molar-refractivity contribution in [1.82, 2.24) is 15.0 Å². The third-order valence-corrected chi connectivity index (χ3v) is 3.94. The molecule has 2 aromatic heterocycles. The number of halogens is 3. The van der Waals surface area contributed by atoms with Crippen LogP contribution in [0.4, 0.5) is 24.9 Å². The maximum Gasteiger partial charge on any atom is 0.573 e. The molecule has 0 aliphatic carbocycles. The van der Waals surface area contributed by atoms with Gasteiger partial charge in [-0.2, -0.15) is 4.98 Å². The number of rotatable bonds is 8. The standard InChI is InChI=1S/C20H20F3N5O2/c1-13(12-29)26-19-27-17(15-5-2-6-16(8-15)30-20(21,22)23)9-18(28-19)25-11-14-4-3-7-24-10-14/h2-10,13,29H,11-12H2,1H3,(H2,25,26,27,28)/t13-/m1/s1. The van der Waals surface area contributed by atoms with Crippen molar-refractivity contribution in [3.63, 3.8) is 0 Å². The van der Waals surface area contributed by atoms with E-state index < -0.39 is 6.36 Å². The van der Waals surface area contributed by atoms with E-state index in [9.17, 15) is 18.3 Å². The zero-order chi connectivity index (χ0) is 21.6. The summed E-state index contributed by atoms with van der Waals surface area (Å²) < 4.78 is 41.7. The van der Waals surface area contributed by atoms with Gasteiger partial charge in [-0.3, -0.25) is 4.98 Å². The first kappa shape index (κ1) is 21.3. The summed E-state index contributed by atoms with van der Waals surface area (Å²) in [5.41, 5.74) is 1.73. The van der Waals surface area contributed by atoms with Crippen LogP contribution in [0.2, 0.25) is 0 Å². The fraction of sp³-hybridized carbons (Fsp3) is 0.250. The van der Waals surface area contributed by atoms with Gasteiger partial charge in [-0.05, 0) is 30.7 Å². The summed E-state index contributed by atoms with van der Waals surface area (Å²) in [4.78, 5) is 12.8. The topological polar surface area (TPSA) is 92.2 Å². The van der Waals surface area contributed by atoms with E-state index in [0.717, 1.165) is 5.56 Å². The summed E-state index contributed by atoms with van der Waals surface area (Å²) in [6.07, 6.45) is -1.41. The van der Waals surface area contributed by atoms with Crippen molar-refractivity contribution >= 4 is 11.8 Å². The van der Waals surface area contributed by atoms with Crippen LogP contribution in [-0.4, -0.2) is 39.1 Å². The van der Waals surface area contributed by atoms with Crippen molar-refractivity contribution in [2.24, 2.45) is 0 Å². The van der Waals surface area contributed by atoms with Gasteiger partial charge < -0.3 is 20.5 Å². The van der Waals surface area contributed by atoms with Crippen molar-refractivity contribution < 1.29 is 23.0 Å². The number of anilines is 2. The van der Waals surface area contributed by atoms with Gasteiger partial charge in [-0.15, -0.1) is 13.2 Å². The van der Waals surface area contributed by atoms with Crippen LogP contribution in [-0.2, 0) is 6.54 Å². The molecule has 0 amide bonds. The summed E-state index contributed by atoms with van der Waals surface area (Å²) in [6.45, 7) is 2.05. The summed E-state index contributed by atoms with van der Waals surface area (Å²) in [7, 11) is 0. The summed E-state index contributed by atoms with van der Waals surface area (Å²) in [6, 6.07) is 10.6. The van der Waals surface area contributed by atoms with Gasteiger partial charge in [0.2, 0.25) is 5.95 Å². The fourth-order valence-electron chi connectivity index (χ4n) is 2.56. The van der Waals surface area contributed by atoms with Gasteiger partial charge >= 0.3 is 6.36 Å². The minimum atomic E-state index is -4.79. The Bertz CT molecular complexity index is 970. The molecule has 0 aliphatic heterocycles. The van der Waals surface area contributed by atoms with Crippen LogP contribution in [0.3, 0.4) is 0 Å². The van der Waals surface area contributed by atoms with Crippen molar-refractivity contribution in [2.45, 2.75) is 25.9 Å². The number of nitrogens with zero attached hydrogens (tertiary/aromatic N) is 3. The average molecular weight is 419 g/mol. The molecule has 0 saturated heterocycles. The highest BCUT2D eigenvalue weighted by Crippen LogP contribution is 2.28. The first-order valence-electron chi connectivity index (χ1n) is 9.08. The van der Waals surface area contributed by atoms with E-state index >= 15 is 0 Å². The molecular formula is C20H20F3N5O2. The van der Waals surface area contributed by atoms with Gasteiger partial charge in [0.1, 0.15) is 11.6 Å². The molecule has 0 bridgehead atoms. The normalized spacial score (nSPS) is 12.3. The molecule has 0 spiro atoms. The van der Waals surface area contributed by atoms with Crippen molar-refractivity contribution in [3.05, 3.63) is 60.4 Å². The highest BCUT2D eigenvalue weighted by molar-refractivity contribution is 5.66. The molecule has 0 unspecified atom stereocenters. The molecule has 1 aromatic carbocycles. The van der Waals surface area contributed by atoms with Gasteiger partial charge in [0.15, 0.2) is 0 Å². The molecule has 0 radical (unpaired) electrons. The predicted octanol–water partition coefficient (Wildman–Crippen LogP) is 3.84. The van der Waals surface area contributed by atoms with E-state index in [-0.39, 0.29) is 24.3 Å². The maximum absolute atomic E-state index is 12.6. The summed E-state index contributed by atoms with van der Waals surface area (Å²) in [5, 5.41) is 15.4. The smallest absolute Gasteiger partial charge is 0.406 e. The molecule has 30 heavy (non-hydrogen) atoms. The van der Waals surface area contributed by atoms with Crippen molar-refractivity contribution in [3.8, 4) is 17.0 Å². The van der Waals surface area contributed by atoms with Crippen LogP contribution in [0, 0.1) is 0 Å². The lowest BCUT2D eigenvalue weighted by Crippen LogP contribution is -2.21. The van der Waals surface area contributed by atoms with E-state index in [2.05, 4.69) is 30.3 Å². The molecule has 2 heterocycles. The number of hydrogen-bond acceptors (Lipinski definition) is 7. The molecule has 0 saturated carbocycles. The van der Waals surface area contributed by atoms with E-state index in [1.165, 1.54) is 18.2 Å². The Kier molecular flexibility index (Phi) is 6.68. The lowest BCUT2D eigenvalue weighted by atomic mass is 10.1. The van der Waals surface area contributed by atoms with E-state index in [4.69, 9.17) is 0 Å². The highest BCUT2D eigenvalue weighted by Gasteiger charge is 2.31. The molecule has 0 fully saturated rings. The Hall–Kier alpha value is -3.40. The molecule has 158 valence electrons. The second-order valence-corrected chi connectivity index (χ2v) is 6.48. The first-order chi connectivity index (χ1) is 14.3. The van der Waals surface area contributed by atoms with Gasteiger partial charge in [-0.25, -0.2) is 4.98 Å². The summed E-state index contributed by atoms with van der Waals surface area (Å²) >= 11 is 0. The number of pyridine rings is 1. The molecule has 10 heteroatoms. The molecule has 0 aliphatic rings. The predicted molar refractivity (Wildman–Crippen MR) is 106 cm³/mol. The Morgan fingerprint density at radius 2 is 1.97 bits per heavy atom. The first-order valence-corrected chi connectivity index (χ1v) is 9.08. The molecule has 3 N–H and O–H groups in total. The lowest BCUT2D eigenvalue weighted by molar-refractivity contribution is -0.274. The second-order valence-electron chi connectivity index (χ2n) is 6.48. The van der Waals surface area contributed by atoms with Gasteiger partial charge in [0.05, 0.1) is 12.3 Å². The third kappa shape index (κ3) is 6.31. The average Bonchev–Trinajstić information content (AvgIpc) is 2.72. The number of alkyl halides is 3. The molecule has 7 nitrogen and oxygen atoms in total. The van der Waals surface area contributed by atoms with Crippen molar-refractivity contribution in [2.75, 3.05) is 17.2 Å². The van der Waals surface area contributed by atoms with Crippen LogP contribution < -0.4 is 15.4 Å². The third-order valence-electron chi connectivity index (χ3n) is 3.94. The number of benzene rings is 1. The second kappa shape index (κ2) is 9.40. The number of aromatic nitrogens is 3. The molecular weight excluding hydrogens is 399 g/mol. The molecule has 3 rings (SSSR count). The van der Waals surface area contributed by atoms with Crippen LogP contribution >= 0.6 is 0 Å². The minimum Gasteiger partial charge on any atom is -0.406 e. The van der Waals surface area contributed by atoms with Crippen LogP contribution in [0.15, 0.2) is 54.9 Å². The van der Waals surface area contributed by atoms with Crippen LogP contribution in [0.25, 0.3) is 11.3 Å². The van der Waals surface area contributed by atoms with Gasteiger partial charge in [0.25, 0.3) is 0 Å². The van der Waals surface area contributed by atoms with E-state index in [1.807, 2.05) is 12.1 Å². The minimum absolute atomic E-state index is 0.138.